The van der Waals surface area contributed by atoms with Crippen LogP contribution in [0.3, 0.4) is 0 Å². The van der Waals surface area contributed by atoms with Crippen molar-refractivity contribution in [2.24, 2.45) is 0 Å². The Hall–Kier alpha value is -2.67. The van der Waals surface area contributed by atoms with Crippen LogP contribution in [0.15, 0.2) is 35.1 Å². The van der Waals surface area contributed by atoms with Crippen LogP contribution in [0.2, 0.25) is 5.02 Å². The molecule has 0 saturated carbocycles. The third-order valence-corrected chi connectivity index (χ3v) is 4.88. The van der Waals surface area contributed by atoms with Gasteiger partial charge in [-0.05, 0) is 60.2 Å². The van der Waals surface area contributed by atoms with Gasteiger partial charge in [-0.25, -0.2) is 0 Å². The minimum absolute atomic E-state index is 0.155. The minimum Gasteiger partial charge on any atom is -0.481 e. The van der Waals surface area contributed by atoms with Crippen molar-refractivity contribution in [1.82, 2.24) is 30.6 Å². The molecule has 3 rings (SSSR count). The van der Waals surface area contributed by atoms with Gasteiger partial charge in [-0.1, -0.05) is 16.8 Å². The fourth-order valence-corrected chi connectivity index (χ4v) is 3.22. The second-order valence-electron chi connectivity index (χ2n) is 6.59. The number of rotatable bonds is 9. The van der Waals surface area contributed by atoms with E-state index in [2.05, 4.69) is 48.5 Å². The van der Waals surface area contributed by atoms with E-state index in [1.807, 2.05) is 13.1 Å². The van der Waals surface area contributed by atoms with Gasteiger partial charge in [-0.3, -0.25) is 14.3 Å². The zero-order chi connectivity index (χ0) is 22.4. The summed E-state index contributed by atoms with van der Waals surface area (Å²) in [5.74, 6) is -0.0708. The Bertz CT molecular complexity index is 1070. The molecule has 2 heterocycles. The van der Waals surface area contributed by atoms with E-state index in [0.29, 0.717) is 23.1 Å². The van der Waals surface area contributed by atoms with Gasteiger partial charge in [0.1, 0.15) is 12.3 Å². The summed E-state index contributed by atoms with van der Waals surface area (Å²) in [6, 6.07) is 5.17. The van der Waals surface area contributed by atoms with E-state index in [9.17, 15) is 9.59 Å². The van der Waals surface area contributed by atoms with E-state index in [1.54, 1.807) is 36.0 Å². The Balaban J connectivity index is 1.39. The highest BCUT2D eigenvalue weighted by molar-refractivity contribution is 14.1. The lowest BCUT2D eigenvalue weighted by atomic mass is 10.2. The number of halogens is 2. The molecule has 164 valence electrons. The molecule has 1 unspecified atom stereocenters. The summed E-state index contributed by atoms with van der Waals surface area (Å²) in [6.07, 6.45) is 2.81. The van der Waals surface area contributed by atoms with Crippen LogP contribution in [0.25, 0.3) is 0 Å². The molecule has 0 aliphatic heterocycles. The molecule has 2 aromatic heterocycles. The fraction of sp³-hybridized carbons (Fsp3) is 0.316. The number of aryl methyl sites for hydroxylation is 1. The lowest BCUT2D eigenvalue weighted by Gasteiger charge is -2.16. The normalized spacial score (nSPS) is 11.7. The Morgan fingerprint density at radius 3 is 2.81 bits per heavy atom. The maximum absolute atomic E-state index is 12.2. The van der Waals surface area contributed by atoms with Gasteiger partial charge < -0.3 is 19.9 Å². The van der Waals surface area contributed by atoms with Crippen LogP contribution in [0.1, 0.15) is 29.0 Å². The summed E-state index contributed by atoms with van der Waals surface area (Å²) < 4.78 is 13.3. The number of carbonyl (C=O) groups excluding carboxylic acids is 2. The number of ether oxygens (including phenoxy) is 1. The third kappa shape index (κ3) is 6.66. The van der Waals surface area contributed by atoms with Crippen molar-refractivity contribution in [3.8, 4) is 5.75 Å². The molecule has 12 heteroatoms. The second-order valence-corrected chi connectivity index (χ2v) is 8.27. The minimum atomic E-state index is -0.709. The van der Waals surface area contributed by atoms with Crippen molar-refractivity contribution in [1.29, 1.82) is 0 Å². The lowest BCUT2D eigenvalue weighted by Crippen LogP contribution is -2.40. The highest BCUT2D eigenvalue weighted by Crippen LogP contribution is 2.22. The summed E-state index contributed by atoms with van der Waals surface area (Å²) >= 11 is 8.06. The quantitative estimate of drug-likeness (QED) is 0.305. The molecule has 0 aliphatic carbocycles. The number of carbonyl (C=O) groups is 2. The van der Waals surface area contributed by atoms with E-state index < -0.39 is 12.0 Å². The van der Waals surface area contributed by atoms with Crippen LogP contribution >= 0.6 is 34.2 Å². The number of aromatic nitrogens is 4. The van der Waals surface area contributed by atoms with Gasteiger partial charge in [0.15, 0.2) is 11.9 Å². The zero-order valence-corrected chi connectivity index (χ0v) is 19.7. The number of nitrogens with zero attached hydrogens (tertiary/aromatic N) is 4. The third-order valence-electron chi connectivity index (χ3n) is 4.09. The number of nitrogens with one attached hydrogen (secondary N) is 2. The van der Waals surface area contributed by atoms with Crippen LogP contribution in [0.4, 0.5) is 0 Å². The van der Waals surface area contributed by atoms with Crippen molar-refractivity contribution in [3.63, 3.8) is 0 Å². The maximum Gasteiger partial charge on any atom is 0.316 e. The van der Waals surface area contributed by atoms with Crippen molar-refractivity contribution in [2.45, 2.75) is 26.5 Å². The van der Waals surface area contributed by atoms with E-state index in [-0.39, 0.29) is 24.9 Å². The van der Waals surface area contributed by atoms with Gasteiger partial charge in [-0.2, -0.15) is 10.1 Å². The van der Waals surface area contributed by atoms with Gasteiger partial charge >= 0.3 is 11.8 Å². The van der Waals surface area contributed by atoms with Gasteiger partial charge in [0, 0.05) is 24.3 Å². The average Bonchev–Trinajstić information content (AvgIpc) is 3.36. The largest absolute Gasteiger partial charge is 0.481 e. The monoisotopic (exact) mass is 558 g/mol. The highest BCUT2D eigenvalue weighted by Gasteiger charge is 2.17. The Labute approximate surface area is 196 Å². The Kier molecular flexibility index (Phi) is 7.85. The first-order chi connectivity index (χ1) is 14.8. The van der Waals surface area contributed by atoms with Gasteiger partial charge in [-0.15, -0.1) is 0 Å². The topological polar surface area (TPSA) is 124 Å². The molecule has 2 N–H and O–H groups in total. The van der Waals surface area contributed by atoms with E-state index in [1.165, 1.54) is 0 Å². The van der Waals surface area contributed by atoms with Crippen LogP contribution in [-0.2, 0) is 11.3 Å². The summed E-state index contributed by atoms with van der Waals surface area (Å²) in [5.41, 5.74) is 0.834. The number of benzene rings is 1. The standard InChI is InChI=1S/C19H20ClIN6O4/c1-11-7-13(20)3-4-15(11)30-12(2)17(28)22-5-6-23-18(29)19-25-16(26-31-19)10-27-9-14(21)8-24-27/h3-4,7-9,12H,5-6,10H2,1-2H3,(H,22,28)(H,23,29). The molecule has 3 aromatic rings. The fourth-order valence-electron chi connectivity index (χ4n) is 2.55. The zero-order valence-electron chi connectivity index (χ0n) is 16.8. The van der Waals surface area contributed by atoms with Crippen LogP contribution in [0.5, 0.6) is 5.75 Å². The molecular weight excluding hydrogens is 539 g/mol. The Morgan fingerprint density at radius 1 is 1.32 bits per heavy atom. The van der Waals surface area contributed by atoms with Crippen molar-refractivity contribution < 1.29 is 18.8 Å². The molecule has 2 amide bonds. The van der Waals surface area contributed by atoms with E-state index >= 15 is 0 Å². The molecule has 10 nitrogen and oxygen atoms in total. The van der Waals surface area contributed by atoms with Gasteiger partial charge in [0.2, 0.25) is 0 Å². The summed E-state index contributed by atoms with van der Waals surface area (Å²) in [7, 11) is 0. The second kappa shape index (κ2) is 10.6. The van der Waals surface area contributed by atoms with Crippen molar-refractivity contribution in [3.05, 3.63) is 56.5 Å². The molecule has 1 aromatic carbocycles. The van der Waals surface area contributed by atoms with Gasteiger partial charge in [0.05, 0.1) is 9.77 Å². The van der Waals surface area contributed by atoms with Crippen molar-refractivity contribution in [2.75, 3.05) is 13.1 Å². The van der Waals surface area contributed by atoms with Crippen LogP contribution in [0, 0.1) is 10.5 Å². The maximum atomic E-state index is 12.2. The molecule has 1 atom stereocenters. The molecule has 0 bridgehead atoms. The summed E-state index contributed by atoms with van der Waals surface area (Å²) in [4.78, 5) is 28.4. The summed E-state index contributed by atoms with van der Waals surface area (Å²) in [5, 5.41) is 13.8. The smallest absolute Gasteiger partial charge is 0.316 e. The predicted molar refractivity (Wildman–Crippen MR) is 120 cm³/mol. The highest BCUT2D eigenvalue weighted by atomic mass is 127. The number of hydrogen-bond donors (Lipinski definition) is 2. The number of hydrogen-bond acceptors (Lipinski definition) is 7. The molecular formula is C19H20ClIN6O4. The first-order valence-corrected chi connectivity index (χ1v) is 10.8. The molecule has 0 fully saturated rings. The Morgan fingerprint density at radius 2 is 2.10 bits per heavy atom. The molecule has 0 radical (unpaired) electrons. The lowest BCUT2D eigenvalue weighted by molar-refractivity contribution is -0.127. The SMILES string of the molecule is Cc1cc(Cl)ccc1OC(C)C(=O)NCCNC(=O)c1nc(Cn2cc(I)cn2)no1. The van der Waals surface area contributed by atoms with E-state index in [4.69, 9.17) is 20.9 Å². The summed E-state index contributed by atoms with van der Waals surface area (Å²) in [6.45, 7) is 4.18. The first-order valence-electron chi connectivity index (χ1n) is 9.31. The molecule has 0 saturated heterocycles. The first kappa shape index (κ1) is 23.0. The molecule has 0 spiro atoms. The van der Waals surface area contributed by atoms with Crippen molar-refractivity contribution >= 4 is 46.0 Å². The van der Waals surface area contributed by atoms with E-state index in [0.717, 1.165) is 9.13 Å². The molecule has 0 aliphatic rings. The van der Waals surface area contributed by atoms with Crippen LogP contribution in [-0.4, -0.2) is 50.9 Å². The molecule has 31 heavy (non-hydrogen) atoms. The average molecular weight is 559 g/mol. The van der Waals surface area contributed by atoms with Gasteiger partial charge in [0.25, 0.3) is 5.91 Å². The number of amides is 2. The predicted octanol–water partition coefficient (Wildman–Crippen LogP) is 2.19. The van der Waals surface area contributed by atoms with Crippen LogP contribution < -0.4 is 15.4 Å².